The number of fused-ring (bicyclic) bond motifs is 1. The van der Waals surface area contributed by atoms with E-state index in [2.05, 4.69) is 15.5 Å². The van der Waals surface area contributed by atoms with Crippen molar-refractivity contribution in [1.82, 2.24) is 9.55 Å². The van der Waals surface area contributed by atoms with Gasteiger partial charge in [-0.2, -0.15) is 5.10 Å². The van der Waals surface area contributed by atoms with Crippen LogP contribution in [0.15, 0.2) is 59.8 Å². The maximum Gasteiger partial charge on any atom is 0.146 e. The number of para-hydroxylation sites is 1. The number of anilines is 1. The highest BCUT2D eigenvalue weighted by atomic mass is 15.3. The van der Waals surface area contributed by atoms with Crippen LogP contribution in [-0.4, -0.2) is 15.8 Å². The highest BCUT2D eigenvalue weighted by molar-refractivity contribution is 5.81. The second-order valence-electron chi connectivity index (χ2n) is 4.30. The van der Waals surface area contributed by atoms with Gasteiger partial charge in [-0.05, 0) is 30.3 Å². The Kier molecular flexibility index (Phi) is 2.98. The van der Waals surface area contributed by atoms with E-state index in [9.17, 15) is 0 Å². The lowest BCUT2D eigenvalue weighted by molar-refractivity contribution is 0.918. The molecule has 0 fully saturated rings. The van der Waals surface area contributed by atoms with Gasteiger partial charge in [-0.3, -0.25) is 5.43 Å². The molecule has 0 radical (unpaired) electrons. The van der Waals surface area contributed by atoms with Gasteiger partial charge in [0.05, 0.1) is 17.4 Å². The van der Waals surface area contributed by atoms with Gasteiger partial charge in [-0.25, -0.2) is 4.98 Å². The normalized spacial score (nSPS) is 11.2. The number of benzene rings is 1. The van der Waals surface area contributed by atoms with E-state index in [4.69, 9.17) is 0 Å². The van der Waals surface area contributed by atoms with E-state index in [0.717, 1.165) is 22.4 Å². The Morgan fingerprint density at radius 3 is 2.84 bits per heavy atom. The van der Waals surface area contributed by atoms with Gasteiger partial charge in [-0.1, -0.05) is 18.2 Å². The molecule has 0 saturated heterocycles. The van der Waals surface area contributed by atoms with E-state index in [1.807, 2.05) is 66.3 Å². The molecule has 1 aromatic carbocycles. The first kappa shape index (κ1) is 11.5. The summed E-state index contributed by atoms with van der Waals surface area (Å²) in [7, 11) is 1.98. The van der Waals surface area contributed by atoms with Crippen molar-refractivity contribution >= 4 is 22.9 Å². The average Bonchev–Trinajstić information content (AvgIpc) is 2.84. The minimum atomic E-state index is 0.740. The fraction of sp³-hybridized carbons (Fsp3) is 0.0667. The molecule has 0 unspecified atom stereocenters. The second kappa shape index (κ2) is 4.94. The summed E-state index contributed by atoms with van der Waals surface area (Å²) in [6, 6.07) is 15.9. The van der Waals surface area contributed by atoms with Crippen molar-refractivity contribution in [2.24, 2.45) is 12.1 Å². The summed E-state index contributed by atoms with van der Waals surface area (Å²) in [5, 5.41) is 5.32. The topological polar surface area (TPSA) is 42.2 Å². The number of hydrogen-bond donors (Lipinski definition) is 1. The monoisotopic (exact) mass is 250 g/mol. The van der Waals surface area contributed by atoms with Crippen LogP contribution in [0.25, 0.3) is 10.9 Å². The minimum absolute atomic E-state index is 0.740. The maximum absolute atomic E-state index is 4.48. The zero-order valence-corrected chi connectivity index (χ0v) is 10.6. The van der Waals surface area contributed by atoms with Gasteiger partial charge in [0.15, 0.2) is 0 Å². The third-order valence-corrected chi connectivity index (χ3v) is 2.96. The highest BCUT2D eigenvalue weighted by Crippen LogP contribution is 2.14. The summed E-state index contributed by atoms with van der Waals surface area (Å²) >= 11 is 0. The molecule has 94 valence electrons. The van der Waals surface area contributed by atoms with E-state index in [0.29, 0.717) is 0 Å². The number of aromatic nitrogens is 2. The molecule has 0 bridgehead atoms. The van der Waals surface area contributed by atoms with Crippen LogP contribution in [-0.2, 0) is 7.05 Å². The predicted molar refractivity (Wildman–Crippen MR) is 78.4 cm³/mol. The molecule has 0 spiro atoms. The van der Waals surface area contributed by atoms with Crippen LogP contribution >= 0.6 is 0 Å². The van der Waals surface area contributed by atoms with Crippen LogP contribution < -0.4 is 5.43 Å². The van der Waals surface area contributed by atoms with Crippen LogP contribution in [0.4, 0.5) is 5.82 Å². The zero-order chi connectivity index (χ0) is 13.1. The van der Waals surface area contributed by atoms with Crippen molar-refractivity contribution in [1.29, 1.82) is 0 Å². The summed E-state index contributed by atoms with van der Waals surface area (Å²) in [6.07, 6.45) is 3.76. The summed E-state index contributed by atoms with van der Waals surface area (Å²) in [6.45, 7) is 0. The number of nitrogens with zero attached hydrogens (tertiary/aromatic N) is 3. The van der Waals surface area contributed by atoms with E-state index in [-0.39, 0.29) is 0 Å². The lowest BCUT2D eigenvalue weighted by atomic mass is 10.2. The van der Waals surface area contributed by atoms with Crippen molar-refractivity contribution in [3.63, 3.8) is 0 Å². The first-order chi connectivity index (χ1) is 9.33. The number of hydrogen-bond acceptors (Lipinski definition) is 3. The largest absolute Gasteiger partial charge is 0.350 e. The standard InChI is InChI=1S/C15H14N4/c1-19-10-4-6-13(19)11-16-18-15-9-8-12-5-2-3-7-14(12)17-15/h2-11H,1H3,(H,17,18)/b16-11+. The summed E-state index contributed by atoms with van der Waals surface area (Å²) in [5.74, 6) is 0.740. The van der Waals surface area contributed by atoms with Crippen molar-refractivity contribution in [3.8, 4) is 0 Å². The van der Waals surface area contributed by atoms with Gasteiger partial charge in [0.2, 0.25) is 0 Å². The third-order valence-electron chi connectivity index (χ3n) is 2.96. The third kappa shape index (κ3) is 2.47. The van der Waals surface area contributed by atoms with Crippen LogP contribution in [0.2, 0.25) is 0 Å². The molecule has 0 amide bonds. The van der Waals surface area contributed by atoms with Crippen LogP contribution in [0.1, 0.15) is 5.69 Å². The maximum atomic E-state index is 4.48. The average molecular weight is 250 g/mol. The summed E-state index contributed by atoms with van der Waals surface area (Å²) in [5.41, 5.74) is 4.94. The lowest BCUT2D eigenvalue weighted by Gasteiger charge is -2.01. The lowest BCUT2D eigenvalue weighted by Crippen LogP contribution is -1.97. The van der Waals surface area contributed by atoms with Gasteiger partial charge < -0.3 is 4.57 Å². The number of nitrogens with one attached hydrogen (secondary N) is 1. The van der Waals surface area contributed by atoms with Crippen molar-refractivity contribution in [2.75, 3.05) is 5.43 Å². The Morgan fingerprint density at radius 1 is 1.11 bits per heavy atom. The van der Waals surface area contributed by atoms with Crippen LogP contribution in [0.5, 0.6) is 0 Å². The minimum Gasteiger partial charge on any atom is -0.350 e. The quantitative estimate of drug-likeness (QED) is 0.573. The highest BCUT2D eigenvalue weighted by Gasteiger charge is 1.96. The first-order valence-corrected chi connectivity index (χ1v) is 6.09. The zero-order valence-electron chi connectivity index (χ0n) is 10.6. The summed E-state index contributed by atoms with van der Waals surface area (Å²) in [4.78, 5) is 4.48. The molecule has 3 rings (SSSR count). The van der Waals surface area contributed by atoms with E-state index >= 15 is 0 Å². The molecule has 19 heavy (non-hydrogen) atoms. The van der Waals surface area contributed by atoms with Crippen LogP contribution in [0, 0.1) is 0 Å². The van der Waals surface area contributed by atoms with Gasteiger partial charge >= 0.3 is 0 Å². The molecule has 0 aliphatic heterocycles. The number of pyridine rings is 1. The molecule has 2 aromatic heterocycles. The molecule has 4 nitrogen and oxygen atoms in total. The van der Waals surface area contributed by atoms with E-state index < -0.39 is 0 Å². The molecule has 0 saturated carbocycles. The molecule has 2 heterocycles. The SMILES string of the molecule is Cn1cccc1/C=N/Nc1ccc2ccccc2n1. The van der Waals surface area contributed by atoms with Crippen molar-refractivity contribution in [2.45, 2.75) is 0 Å². The number of hydrazone groups is 1. The van der Waals surface area contributed by atoms with Gasteiger partial charge in [-0.15, -0.1) is 0 Å². The van der Waals surface area contributed by atoms with Gasteiger partial charge in [0.1, 0.15) is 5.82 Å². The molecular formula is C15H14N4. The van der Waals surface area contributed by atoms with Gasteiger partial charge in [0.25, 0.3) is 0 Å². The van der Waals surface area contributed by atoms with Crippen molar-refractivity contribution < 1.29 is 0 Å². The molecule has 3 aromatic rings. The Labute approximate surface area is 111 Å². The molecule has 0 aliphatic carbocycles. The number of aryl methyl sites for hydroxylation is 1. The van der Waals surface area contributed by atoms with Crippen LogP contribution in [0.3, 0.4) is 0 Å². The number of rotatable bonds is 3. The smallest absolute Gasteiger partial charge is 0.146 e. The first-order valence-electron chi connectivity index (χ1n) is 6.09. The Bertz CT molecular complexity index is 728. The molecule has 1 N–H and O–H groups in total. The Morgan fingerprint density at radius 2 is 2.00 bits per heavy atom. The summed E-state index contributed by atoms with van der Waals surface area (Å²) < 4.78 is 2.00. The second-order valence-corrected chi connectivity index (χ2v) is 4.30. The molecule has 0 atom stereocenters. The molecule has 0 aliphatic rings. The van der Waals surface area contributed by atoms with Gasteiger partial charge in [0, 0.05) is 18.6 Å². The molecular weight excluding hydrogens is 236 g/mol. The predicted octanol–water partition coefficient (Wildman–Crippen LogP) is 3.02. The Hall–Kier alpha value is -2.62. The fourth-order valence-corrected chi connectivity index (χ4v) is 1.90. The Balaban J connectivity index is 1.78. The van der Waals surface area contributed by atoms with Crippen molar-refractivity contribution in [3.05, 3.63) is 60.4 Å². The van der Waals surface area contributed by atoms with E-state index in [1.54, 1.807) is 6.21 Å². The van der Waals surface area contributed by atoms with E-state index in [1.165, 1.54) is 0 Å². The molecule has 4 heteroatoms. The fourth-order valence-electron chi connectivity index (χ4n) is 1.90.